The molecule has 0 amide bonds. The van der Waals surface area contributed by atoms with Crippen molar-refractivity contribution in [2.75, 3.05) is 0 Å². The molecule has 0 aliphatic heterocycles. The van der Waals surface area contributed by atoms with Crippen LogP contribution in [0.5, 0.6) is 0 Å². The van der Waals surface area contributed by atoms with Gasteiger partial charge >= 0.3 is 5.97 Å². The van der Waals surface area contributed by atoms with Crippen LogP contribution in [0.25, 0.3) is 0 Å². The molecule has 0 radical (unpaired) electrons. The molecule has 0 atom stereocenters. The highest BCUT2D eigenvalue weighted by molar-refractivity contribution is 6.68. The Morgan fingerprint density at radius 2 is 1.50 bits per heavy atom. The van der Waals surface area contributed by atoms with Crippen molar-refractivity contribution < 1.29 is 14.7 Å². The van der Waals surface area contributed by atoms with Crippen molar-refractivity contribution in [3.8, 4) is 0 Å². The summed E-state index contributed by atoms with van der Waals surface area (Å²) in [6, 6.07) is 0. The molecular formula is C12H15ClO3. The molecule has 0 unspecified atom stereocenters. The molecule has 3 nitrogen and oxygen atoms in total. The van der Waals surface area contributed by atoms with E-state index < -0.39 is 11.2 Å². The van der Waals surface area contributed by atoms with Gasteiger partial charge in [0, 0.05) is 11.1 Å². The van der Waals surface area contributed by atoms with E-state index in [1.807, 2.05) is 0 Å². The van der Waals surface area contributed by atoms with E-state index >= 15 is 0 Å². The molecule has 0 bridgehead atoms. The summed E-state index contributed by atoms with van der Waals surface area (Å²) in [7, 11) is 0. The normalized spacial score (nSPS) is 13.2. The maximum atomic E-state index is 11.1. The molecule has 0 aromatic rings. The van der Waals surface area contributed by atoms with Gasteiger partial charge in [0.05, 0.1) is 0 Å². The molecule has 0 fully saturated rings. The van der Waals surface area contributed by atoms with Crippen LogP contribution in [0.4, 0.5) is 0 Å². The lowest BCUT2D eigenvalue weighted by Crippen LogP contribution is -2.08. The molecule has 0 aliphatic carbocycles. The van der Waals surface area contributed by atoms with Gasteiger partial charge in [0.2, 0.25) is 5.24 Å². The summed E-state index contributed by atoms with van der Waals surface area (Å²) in [5.74, 6) is -1.10. The third-order valence-electron chi connectivity index (χ3n) is 1.98. The highest BCUT2D eigenvalue weighted by atomic mass is 35.5. The van der Waals surface area contributed by atoms with Gasteiger partial charge in [0.1, 0.15) is 0 Å². The fourth-order valence-electron chi connectivity index (χ4n) is 1.13. The molecule has 0 saturated carbocycles. The van der Waals surface area contributed by atoms with Crippen molar-refractivity contribution in [1.29, 1.82) is 0 Å². The minimum absolute atomic E-state index is 0.0520. The maximum Gasteiger partial charge on any atom is 0.332 e. The monoisotopic (exact) mass is 242 g/mol. The number of carboxylic acids is 1. The number of hydrogen-bond donors (Lipinski definition) is 1. The van der Waals surface area contributed by atoms with Crippen LogP contribution < -0.4 is 0 Å². The Kier molecular flexibility index (Phi) is 7.21. The van der Waals surface area contributed by atoms with Crippen LogP contribution in [0.3, 0.4) is 0 Å². The van der Waals surface area contributed by atoms with Crippen molar-refractivity contribution in [2.45, 2.75) is 26.7 Å². The third kappa shape index (κ3) is 4.94. The zero-order valence-electron chi connectivity index (χ0n) is 9.37. The minimum atomic E-state index is -1.10. The molecule has 1 N–H and O–H groups in total. The first-order chi connectivity index (χ1) is 7.54. The van der Waals surface area contributed by atoms with E-state index in [4.69, 9.17) is 16.7 Å². The predicted octanol–water partition coefficient (Wildman–Crippen LogP) is 3.07. The van der Waals surface area contributed by atoms with Gasteiger partial charge in [-0.05, 0) is 38.3 Å². The van der Waals surface area contributed by atoms with Crippen molar-refractivity contribution >= 4 is 22.8 Å². The van der Waals surface area contributed by atoms with Gasteiger partial charge < -0.3 is 5.11 Å². The quantitative estimate of drug-likeness (QED) is 0.442. The number of halogens is 1. The van der Waals surface area contributed by atoms with Gasteiger partial charge in [0.15, 0.2) is 0 Å². The summed E-state index contributed by atoms with van der Waals surface area (Å²) < 4.78 is 0. The van der Waals surface area contributed by atoms with Crippen LogP contribution in [0.1, 0.15) is 26.7 Å². The molecule has 88 valence electrons. The first kappa shape index (κ1) is 14.6. The van der Waals surface area contributed by atoms with Crippen LogP contribution in [0.2, 0.25) is 0 Å². The number of rotatable bonds is 6. The van der Waals surface area contributed by atoms with Gasteiger partial charge in [-0.25, -0.2) is 4.79 Å². The molecule has 0 aromatic heterocycles. The second-order valence-electron chi connectivity index (χ2n) is 3.08. The predicted molar refractivity (Wildman–Crippen MR) is 64.4 cm³/mol. The molecule has 0 saturated heterocycles. The van der Waals surface area contributed by atoms with Crippen molar-refractivity contribution in [3.05, 3.63) is 35.5 Å². The lowest BCUT2D eigenvalue weighted by atomic mass is 10.0. The number of carbonyl (C=O) groups excluding carboxylic acids is 1. The molecule has 4 heteroatoms. The van der Waals surface area contributed by atoms with Crippen LogP contribution in [-0.2, 0) is 9.59 Å². The second kappa shape index (κ2) is 7.88. The number of aliphatic carboxylic acids is 1. The van der Waals surface area contributed by atoms with Crippen LogP contribution >= 0.6 is 11.6 Å². The molecule has 0 spiro atoms. The lowest BCUT2D eigenvalue weighted by molar-refractivity contribution is -0.133. The fraction of sp³-hybridized carbons (Fsp3) is 0.333. The van der Waals surface area contributed by atoms with E-state index in [0.717, 1.165) is 0 Å². The third-order valence-corrected chi connectivity index (χ3v) is 2.20. The van der Waals surface area contributed by atoms with E-state index in [2.05, 4.69) is 0 Å². The highest BCUT2D eigenvalue weighted by Gasteiger charge is 2.16. The highest BCUT2D eigenvalue weighted by Crippen LogP contribution is 2.17. The molecule has 0 aliphatic rings. The summed E-state index contributed by atoms with van der Waals surface area (Å²) in [5.41, 5.74) is 0.196. The van der Waals surface area contributed by atoms with Gasteiger partial charge in [0.25, 0.3) is 0 Å². The van der Waals surface area contributed by atoms with E-state index in [9.17, 15) is 9.59 Å². The number of allylic oxidation sites excluding steroid dienone is 5. The van der Waals surface area contributed by atoms with Crippen LogP contribution in [0.15, 0.2) is 35.5 Å². The molecule has 0 rings (SSSR count). The second-order valence-corrected chi connectivity index (χ2v) is 3.43. The number of hydrogen-bond acceptors (Lipinski definition) is 2. The average Bonchev–Trinajstić information content (AvgIpc) is 2.21. The van der Waals surface area contributed by atoms with E-state index in [0.29, 0.717) is 0 Å². The van der Waals surface area contributed by atoms with Crippen LogP contribution in [0, 0.1) is 0 Å². The van der Waals surface area contributed by atoms with E-state index in [-0.39, 0.29) is 24.0 Å². The van der Waals surface area contributed by atoms with Gasteiger partial charge in [-0.3, -0.25) is 4.79 Å². The summed E-state index contributed by atoms with van der Waals surface area (Å²) in [6.07, 6.45) is 7.31. The zero-order valence-corrected chi connectivity index (χ0v) is 10.1. The zero-order chi connectivity index (χ0) is 12.6. The largest absolute Gasteiger partial charge is 0.478 e. The molecular weight excluding hydrogens is 228 g/mol. The average molecular weight is 243 g/mol. The Morgan fingerprint density at radius 1 is 1.06 bits per heavy atom. The number of carboxylic acid groups (broad SMARTS) is 1. The Labute approximate surface area is 100 Å². The lowest BCUT2D eigenvalue weighted by Gasteiger charge is -2.04. The van der Waals surface area contributed by atoms with E-state index in [1.54, 1.807) is 38.2 Å². The van der Waals surface area contributed by atoms with Crippen molar-refractivity contribution in [1.82, 2.24) is 0 Å². The molecule has 16 heavy (non-hydrogen) atoms. The summed E-state index contributed by atoms with van der Waals surface area (Å²) in [6.45, 7) is 3.58. The minimum Gasteiger partial charge on any atom is -0.478 e. The standard InChI is InChI=1S/C12H15ClO3/c1-3-5-7-9(11(13)14)10(12(15)16)8-6-4-2/h3-6H,7-8H2,1-2H3,(H,15,16)/b5-3+,6-4+,10-9-. The Bertz CT molecular complexity index is 317. The topological polar surface area (TPSA) is 54.4 Å². The Hall–Kier alpha value is -1.35. The van der Waals surface area contributed by atoms with Crippen LogP contribution in [-0.4, -0.2) is 16.3 Å². The smallest absolute Gasteiger partial charge is 0.332 e. The van der Waals surface area contributed by atoms with Crippen molar-refractivity contribution in [3.63, 3.8) is 0 Å². The Balaban J connectivity index is 5.25. The van der Waals surface area contributed by atoms with Gasteiger partial charge in [-0.15, -0.1) is 0 Å². The van der Waals surface area contributed by atoms with Gasteiger partial charge in [-0.1, -0.05) is 24.3 Å². The SMILES string of the molecule is C/C=C/C/C(C(=O)O)=C(\C/C=C/C)C(=O)Cl. The first-order valence-corrected chi connectivity index (χ1v) is 5.29. The Morgan fingerprint density at radius 3 is 1.81 bits per heavy atom. The van der Waals surface area contributed by atoms with Gasteiger partial charge in [-0.2, -0.15) is 0 Å². The summed E-state index contributed by atoms with van der Waals surface area (Å²) in [5, 5.41) is 8.28. The van der Waals surface area contributed by atoms with E-state index in [1.165, 1.54) is 0 Å². The number of carbonyl (C=O) groups is 2. The molecule has 0 aromatic carbocycles. The maximum absolute atomic E-state index is 11.1. The van der Waals surface area contributed by atoms with Crippen molar-refractivity contribution in [2.24, 2.45) is 0 Å². The summed E-state index contributed by atoms with van der Waals surface area (Å²) >= 11 is 5.38. The fourth-order valence-corrected chi connectivity index (χ4v) is 1.32. The first-order valence-electron chi connectivity index (χ1n) is 4.92. The summed E-state index contributed by atoms with van der Waals surface area (Å²) in [4.78, 5) is 22.1. The molecule has 0 heterocycles.